The molecule has 0 fully saturated rings. The number of aliphatic imine (C=N–C) groups is 1. The summed E-state index contributed by atoms with van der Waals surface area (Å²) in [7, 11) is 6.20. The van der Waals surface area contributed by atoms with Gasteiger partial charge in [0.2, 0.25) is 5.91 Å². The zero-order valence-electron chi connectivity index (χ0n) is 14.6. The maximum atomic E-state index is 11.5. The van der Waals surface area contributed by atoms with E-state index in [1.807, 2.05) is 0 Å². The molecule has 0 aromatic heterocycles. The normalized spacial score (nSPS) is 11.9. The van der Waals surface area contributed by atoms with Gasteiger partial charge in [-0.05, 0) is 53.6 Å². The lowest BCUT2D eigenvalue weighted by molar-refractivity contribution is -0.120. The fraction of sp³-hybridized carbons (Fsp3) is 0.750. The maximum absolute atomic E-state index is 11.5. The number of hydrogen-bond acceptors (Lipinski definition) is 4. The van der Waals surface area contributed by atoms with Crippen LogP contribution in [0, 0.1) is 0 Å². The highest BCUT2D eigenvalue weighted by Gasteiger charge is 1.98. The summed E-state index contributed by atoms with van der Waals surface area (Å²) in [6, 6.07) is 0. The Morgan fingerprint density at radius 1 is 1.14 bits per heavy atom. The fourth-order valence-corrected chi connectivity index (χ4v) is 1.69. The lowest BCUT2D eigenvalue weighted by Gasteiger charge is -2.13. The van der Waals surface area contributed by atoms with Crippen LogP contribution in [0.4, 0.5) is 0 Å². The Hall–Kier alpha value is -1.40. The molecule has 0 unspecified atom stereocenters. The molecular formula is C16H33N5O. The second-order valence-corrected chi connectivity index (χ2v) is 5.58. The predicted molar refractivity (Wildman–Crippen MR) is 94.2 cm³/mol. The van der Waals surface area contributed by atoms with Gasteiger partial charge in [0.25, 0.3) is 0 Å². The summed E-state index contributed by atoms with van der Waals surface area (Å²) in [5, 5.41) is 6.01. The van der Waals surface area contributed by atoms with Gasteiger partial charge in [0.1, 0.15) is 0 Å². The van der Waals surface area contributed by atoms with Gasteiger partial charge >= 0.3 is 0 Å². The minimum Gasteiger partial charge on any atom is -0.376 e. The van der Waals surface area contributed by atoms with Gasteiger partial charge in [-0.25, -0.2) is 4.99 Å². The molecule has 0 saturated carbocycles. The molecule has 0 spiro atoms. The highest BCUT2D eigenvalue weighted by molar-refractivity contribution is 5.77. The zero-order valence-corrected chi connectivity index (χ0v) is 14.6. The average Bonchev–Trinajstić information content (AvgIpc) is 2.49. The fourth-order valence-electron chi connectivity index (χ4n) is 1.69. The molecule has 0 aromatic rings. The first-order valence-electron chi connectivity index (χ1n) is 8.06. The van der Waals surface area contributed by atoms with Crippen LogP contribution in [0.2, 0.25) is 0 Å². The molecule has 0 aliphatic rings. The van der Waals surface area contributed by atoms with Crippen LogP contribution in [0.1, 0.15) is 26.2 Å². The number of carbonyl (C=O) groups is 1. The third-order valence-electron chi connectivity index (χ3n) is 3.17. The van der Waals surface area contributed by atoms with E-state index >= 15 is 0 Å². The van der Waals surface area contributed by atoms with Crippen molar-refractivity contribution in [2.24, 2.45) is 4.99 Å². The molecule has 0 radical (unpaired) electrons. The van der Waals surface area contributed by atoms with Crippen LogP contribution in [0.15, 0.2) is 17.3 Å². The summed E-state index contributed by atoms with van der Waals surface area (Å²) in [6.07, 6.45) is 7.54. The Labute approximate surface area is 135 Å². The van der Waals surface area contributed by atoms with E-state index in [-0.39, 0.29) is 5.91 Å². The summed E-state index contributed by atoms with van der Waals surface area (Å²) in [5.41, 5.74) is 0. The number of amides is 1. The van der Waals surface area contributed by atoms with Crippen LogP contribution in [0.3, 0.4) is 0 Å². The quantitative estimate of drug-likeness (QED) is 0.302. The molecule has 6 heteroatoms. The number of carbonyl (C=O) groups excluding carboxylic acids is 1. The van der Waals surface area contributed by atoms with Gasteiger partial charge in [-0.3, -0.25) is 4.79 Å². The minimum absolute atomic E-state index is 0.0459. The number of hydrogen-bond donors (Lipinski definition) is 2. The van der Waals surface area contributed by atoms with E-state index < -0.39 is 0 Å². The van der Waals surface area contributed by atoms with E-state index in [4.69, 9.17) is 0 Å². The molecule has 6 nitrogen and oxygen atoms in total. The zero-order chi connectivity index (χ0) is 16.6. The molecule has 22 heavy (non-hydrogen) atoms. The lowest BCUT2D eigenvalue weighted by atomic mass is 10.3. The molecule has 0 aliphatic carbocycles. The van der Waals surface area contributed by atoms with Crippen molar-refractivity contribution >= 4 is 12.2 Å². The summed E-state index contributed by atoms with van der Waals surface area (Å²) in [6.45, 7) is 6.87. The van der Waals surface area contributed by atoms with Crippen LogP contribution in [0.25, 0.3) is 0 Å². The van der Waals surface area contributed by atoms with Crippen molar-refractivity contribution in [3.8, 4) is 0 Å². The Kier molecular flexibility index (Phi) is 13.6. The highest BCUT2D eigenvalue weighted by Crippen LogP contribution is 1.87. The Balaban J connectivity index is 3.49. The van der Waals surface area contributed by atoms with Gasteiger partial charge in [0.15, 0.2) is 0 Å². The Morgan fingerprint density at radius 3 is 2.55 bits per heavy atom. The van der Waals surface area contributed by atoms with Gasteiger partial charge in [-0.15, -0.1) is 0 Å². The van der Waals surface area contributed by atoms with E-state index in [9.17, 15) is 4.79 Å². The van der Waals surface area contributed by atoms with Crippen LogP contribution < -0.4 is 10.6 Å². The van der Waals surface area contributed by atoms with E-state index in [0.717, 1.165) is 45.6 Å². The SMILES string of the molecule is CCN(C)CCCNC(=O)C/C=C\N=C\NCCCN(C)C. The molecule has 0 saturated heterocycles. The molecule has 128 valence electrons. The first kappa shape index (κ1) is 20.6. The third-order valence-corrected chi connectivity index (χ3v) is 3.17. The van der Waals surface area contributed by atoms with Crippen LogP contribution in [0.5, 0.6) is 0 Å². The van der Waals surface area contributed by atoms with Gasteiger partial charge < -0.3 is 20.4 Å². The smallest absolute Gasteiger partial charge is 0.223 e. The van der Waals surface area contributed by atoms with Gasteiger partial charge in [0.05, 0.1) is 6.34 Å². The molecule has 0 rings (SSSR count). The first-order chi connectivity index (χ1) is 10.6. The summed E-state index contributed by atoms with van der Waals surface area (Å²) in [5.74, 6) is 0.0459. The lowest BCUT2D eigenvalue weighted by Crippen LogP contribution is -2.27. The van der Waals surface area contributed by atoms with E-state index in [2.05, 4.69) is 53.5 Å². The standard InChI is InChI=1S/C16H33N5O/c1-5-21(4)14-8-12-19-16(22)9-6-10-17-15-18-11-7-13-20(2)3/h6,10,15H,5,7-9,11-14H2,1-4H3,(H,17,18)(H,19,22)/b10-6-. The molecular weight excluding hydrogens is 278 g/mol. The maximum Gasteiger partial charge on any atom is 0.223 e. The van der Waals surface area contributed by atoms with Crippen LogP contribution in [-0.2, 0) is 4.79 Å². The Morgan fingerprint density at radius 2 is 1.86 bits per heavy atom. The summed E-state index contributed by atoms with van der Waals surface area (Å²) < 4.78 is 0. The molecule has 0 heterocycles. The average molecular weight is 311 g/mol. The van der Waals surface area contributed by atoms with Crippen molar-refractivity contribution in [2.45, 2.75) is 26.2 Å². The van der Waals surface area contributed by atoms with Crippen molar-refractivity contribution in [2.75, 3.05) is 53.9 Å². The van der Waals surface area contributed by atoms with Crippen molar-refractivity contribution in [1.29, 1.82) is 0 Å². The molecule has 0 aliphatic heterocycles. The molecule has 0 bridgehead atoms. The third kappa shape index (κ3) is 15.0. The molecule has 0 atom stereocenters. The van der Waals surface area contributed by atoms with Crippen molar-refractivity contribution in [3.05, 3.63) is 12.3 Å². The van der Waals surface area contributed by atoms with Gasteiger partial charge in [-0.2, -0.15) is 0 Å². The van der Waals surface area contributed by atoms with E-state index in [1.54, 1.807) is 18.6 Å². The monoisotopic (exact) mass is 311 g/mol. The van der Waals surface area contributed by atoms with E-state index in [1.165, 1.54) is 0 Å². The number of nitrogens with one attached hydrogen (secondary N) is 2. The Bertz CT molecular complexity index is 328. The molecule has 1 amide bonds. The second kappa shape index (κ2) is 14.5. The van der Waals surface area contributed by atoms with Crippen molar-refractivity contribution < 1.29 is 4.79 Å². The van der Waals surface area contributed by atoms with Gasteiger partial charge in [-0.1, -0.05) is 13.0 Å². The first-order valence-corrected chi connectivity index (χ1v) is 8.06. The van der Waals surface area contributed by atoms with Crippen LogP contribution >= 0.6 is 0 Å². The minimum atomic E-state index is 0.0459. The van der Waals surface area contributed by atoms with Crippen LogP contribution in [-0.4, -0.2) is 75.9 Å². The highest BCUT2D eigenvalue weighted by atomic mass is 16.1. The van der Waals surface area contributed by atoms with E-state index in [0.29, 0.717) is 6.42 Å². The van der Waals surface area contributed by atoms with Crippen molar-refractivity contribution in [3.63, 3.8) is 0 Å². The molecule has 2 N–H and O–H groups in total. The topological polar surface area (TPSA) is 60.0 Å². The van der Waals surface area contributed by atoms with Gasteiger partial charge in [0, 0.05) is 25.7 Å². The predicted octanol–water partition coefficient (Wildman–Crippen LogP) is 0.918. The second-order valence-electron chi connectivity index (χ2n) is 5.58. The summed E-state index contributed by atoms with van der Waals surface area (Å²) in [4.78, 5) is 20.0. The van der Waals surface area contributed by atoms with Crippen molar-refractivity contribution in [1.82, 2.24) is 20.4 Å². The molecule has 0 aromatic carbocycles. The summed E-state index contributed by atoms with van der Waals surface area (Å²) >= 11 is 0. The largest absolute Gasteiger partial charge is 0.376 e. The number of nitrogens with zero attached hydrogens (tertiary/aromatic N) is 3. The number of rotatable bonds is 13.